The fraction of sp³-hybridized carbons (Fsp3) is 0.214. The molecule has 1 amide bonds. The molecule has 110 valence electrons. The number of benzene rings is 1. The number of nitrogens with one attached hydrogen (secondary N) is 1. The standard InChI is InChI=1S/C14H13ClN2O4/c1-14(9-15,10-5-3-2-4-6-10)16-13(18)11-7-8-12(21-11)17(19)20/h2-8H,9H2,1H3,(H,16,18). The van der Waals surface area contributed by atoms with Crippen molar-refractivity contribution < 1.29 is 14.1 Å². The van der Waals surface area contributed by atoms with Crippen molar-refractivity contribution >= 4 is 23.4 Å². The second-order valence-electron chi connectivity index (χ2n) is 4.68. The summed E-state index contributed by atoms with van der Waals surface area (Å²) < 4.78 is 4.88. The molecule has 0 fully saturated rings. The summed E-state index contributed by atoms with van der Waals surface area (Å²) in [5.41, 5.74) is 0.0241. The molecule has 1 aromatic carbocycles. The number of furan rings is 1. The van der Waals surface area contributed by atoms with Crippen LogP contribution in [-0.4, -0.2) is 16.7 Å². The third kappa shape index (κ3) is 3.22. The summed E-state index contributed by atoms with van der Waals surface area (Å²) >= 11 is 5.98. The van der Waals surface area contributed by atoms with E-state index in [1.165, 1.54) is 6.07 Å². The predicted octanol–water partition coefficient (Wildman–Crippen LogP) is 3.07. The number of carbonyl (C=O) groups excluding carboxylic acids is 1. The molecule has 2 rings (SSSR count). The molecule has 0 saturated carbocycles. The lowest BCUT2D eigenvalue weighted by atomic mass is 9.94. The summed E-state index contributed by atoms with van der Waals surface area (Å²) in [7, 11) is 0. The van der Waals surface area contributed by atoms with Crippen molar-refractivity contribution in [3.63, 3.8) is 0 Å². The molecule has 1 N–H and O–H groups in total. The van der Waals surface area contributed by atoms with Crippen LogP contribution in [0.15, 0.2) is 46.9 Å². The monoisotopic (exact) mass is 308 g/mol. The first kappa shape index (κ1) is 15.1. The Bertz CT molecular complexity index is 656. The minimum absolute atomic E-state index is 0.131. The van der Waals surface area contributed by atoms with E-state index in [1.54, 1.807) is 6.92 Å². The van der Waals surface area contributed by atoms with Gasteiger partial charge in [-0.1, -0.05) is 30.3 Å². The summed E-state index contributed by atoms with van der Waals surface area (Å²) in [5, 5.41) is 13.3. The SMILES string of the molecule is CC(CCl)(NC(=O)c1ccc([N+](=O)[O-])o1)c1ccccc1. The summed E-state index contributed by atoms with van der Waals surface area (Å²) in [5.74, 6) is -1.03. The third-order valence-electron chi connectivity index (χ3n) is 3.06. The van der Waals surface area contributed by atoms with Crippen LogP contribution in [0.5, 0.6) is 0 Å². The van der Waals surface area contributed by atoms with Gasteiger partial charge in [0.2, 0.25) is 0 Å². The lowest BCUT2D eigenvalue weighted by molar-refractivity contribution is -0.402. The van der Waals surface area contributed by atoms with Gasteiger partial charge in [0, 0.05) is 5.88 Å². The molecule has 1 unspecified atom stereocenters. The van der Waals surface area contributed by atoms with Gasteiger partial charge in [0.15, 0.2) is 5.76 Å². The van der Waals surface area contributed by atoms with Gasteiger partial charge in [-0.15, -0.1) is 11.6 Å². The number of amides is 1. The topological polar surface area (TPSA) is 85.4 Å². The van der Waals surface area contributed by atoms with E-state index in [9.17, 15) is 14.9 Å². The average molecular weight is 309 g/mol. The summed E-state index contributed by atoms with van der Waals surface area (Å²) in [4.78, 5) is 22.0. The van der Waals surface area contributed by atoms with Gasteiger partial charge in [-0.3, -0.25) is 14.9 Å². The Morgan fingerprint density at radius 2 is 2.00 bits per heavy atom. The smallest absolute Gasteiger partial charge is 0.395 e. The molecule has 1 heterocycles. The average Bonchev–Trinajstić information content (AvgIpc) is 2.98. The molecule has 1 atom stereocenters. The number of nitro groups is 1. The Balaban J connectivity index is 2.21. The molecule has 6 nitrogen and oxygen atoms in total. The van der Waals surface area contributed by atoms with Gasteiger partial charge in [-0.05, 0) is 18.6 Å². The summed E-state index contributed by atoms with van der Waals surface area (Å²) in [6, 6.07) is 11.6. The van der Waals surface area contributed by atoms with Crippen LogP contribution >= 0.6 is 11.6 Å². The third-order valence-corrected chi connectivity index (χ3v) is 3.60. The van der Waals surface area contributed by atoms with Gasteiger partial charge in [0.25, 0.3) is 5.91 Å². The Morgan fingerprint density at radius 1 is 1.33 bits per heavy atom. The van der Waals surface area contributed by atoms with E-state index >= 15 is 0 Å². The lowest BCUT2D eigenvalue weighted by Crippen LogP contribution is -2.44. The predicted molar refractivity (Wildman–Crippen MR) is 77.3 cm³/mol. The zero-order valence-electron chi connectivity index (χ0n) is 11.2. The highest BCUT2D eigenvalue weighted by atomic mass is 35.5. The van der Waals surface area contributed by atoms with Crippen molar-refractivity contribution in [2.24, 2.45) is 0 Å². The number of hydrogen-bond donors (Lipinski definition) is 1. The first-order valence-corrected chi connectivity index (χ1v) is 6.68. The van der Waals surface area contributed by atoms with Crippen LogP contribution in [-0.2, 0) is 5.54 Å². The maximum atomic E-state index is 12.1. The van der Waals surface area contributed by atoms with Gasteiger partial charge in [0.05, 0.1) is 11.6 Å². The van der Waals surface area contributed by atoms with Gasteiger partial charge in [-0.2, -0.15) is 0 Å². The van der Waals surface area contributed by atoms with Gasteiger partial charge >= 0.3 is 5.88 Å². The van der Waals surface area contributed by atoms with Crippen molar-refractivity contribution in [3.8, 4) is 0 Å². The Kier molecular flexibility index (Phi) is 4.28. The lowest BCUT2D eigenvalue weighted by Gasteiger charge is -2.28. The quantitative estimate of drug-likeness (QED) is 0.522. The molecule has 0 aliphatic heterocycles. The Morgan fingerprint density at radius 3 is 2.52 bits per heavy atom. The molecule has 0 bridgehead atoms. The van der Waals surface area contributed by atoms with Crippen molar-refractivity contribution in [1.29, 1.82) is 0 Å². The maximum Gasteiger partial charge on any atom is 0.433 e. The van der Waals surface area contributed by atoms with Crippen LogP contribution in [0, 0.1) is 10.1 Å². The van der Waals surface area contributed by atoms with Gasteiger partial charge in [0.1, 0.15) is 4.92 Å². The first-order valence-electron chi connectivity index (χ1n) is 6.14. The molecule has 2 aromatic rings. The highest BCUT2D eigenvalue weighted by Gasteiger charge is 2.29. The minimum atomic E-state index is -0.804. The Labute approximate surface area is 125 Å². The number of halogens is 1. The largest absolute Gasteiger partial charge is 0.433 e. The van der Waals surface area contributed by atoms with Gasteiger partial charge in [-0.25, -0.2) is 0 Å². The van der Waals surface area contributed by atoms with E-state index in [4.69, 9.17) is 16.0 Å². The van der Waals surface area contributed by atoms with Crippen molar-refractivity contribution in [2.75, 3.05) is 5.88 Å². The van der Waals surface area contributed by atoms with E-state index in [2.05, 4.69) is 5.32 Å². The molecule has 21 heavy (non-hydrogen) atoms. The summed E-state index contributed by atoms with van der Waals surface area (Å²) in [6.45, 7) is 1.77. The highest BCUT2D eigenvalue weighted by Crippen LogP contribution is 2.23. The van der Waals surface area contributed by atoms with Crippen LogP contribution < -0.4 is 5.32 Å². The zero-order valence-corrected chi connectivity index (χ0v) is 12.0. The molecular formula is C14H13ClN2O4. The van der Waals surface area contributed by atoms with Crippen molar-refractivity contribution in [1.82, 2.24) is 5.32 Å². The minimum Gasteiger partial charge on any atom is -0.395 e. The molecule has 0 aliphatic rings. The van der Waals surface area contributed by atoms with Crippen LogP contribution in [0.1, 0.15) is 23.0 Å². The normalized spacial score (nSPS) is 13.4. The molecular weight excluding hydrogens is 296 g/mol. The van der Waals surface area contributed by atoms with Crippen molar-refractivity contribution in [2.45, 2.75) is 12.5 Å². The number of alkyl halides is 1. The highest BCUT2D eigenvalue weighted by molar-refractivity contribution is 6.18. The van der Waals surface area contributed by atoms with Crippen LogP contribution in [0.3, 0.4) is 0 Å². The van der Waals surface area contributed by atoms with Gasteiger partial charge < -0.3 is 9.73 Å². The molecule has 1 aromatic heterocycles. The van der Waals surface area contributed by atoms with E-state index in [-0.39, 0.29) is 11.6 Å². The number of carbonyl (C=O) groups is 1. The number of nitrogens with zero attached hydrogens (tertiary/aromatic N) is 1. The second-order valence-corrected chi connectivity index (χ2v) is 4.95. The molecule has 0 radical (unpaired) electrons. The maximum absolute atomic E-state index is 12.1. The first-order chi connectivity index (χ1) is 9.96. The fourth-order valence-corrected chi connectivity index (χ4v) is 2.07. The second kappa shape index (κ2) is 5.97. The van der Waals surface area contributed by atoms with E-state index < -0.39 is 22.3 Å². The molecule has 7 heteroatoms. The zero-order chi connectivity index (χ0) is 15.5. The summed E-state index contributed by atoms with van der Waals surface area (Å²) in [6.07, 6.45) is 0. The van der Waals surface area contributed by atoms with Crippen LogP contribution in [0.2, 0.25) is 0 Å². The number of hydrogen-bond acceptors (Lipinski definition) is 4. The number of rotatable bonds is 5. The van der Waals surface area contributed by atoms with Crippen LogP contribution in [0.4, 0.5) is 5.88 Å². The van der Waals surface area contributed by atoms with Crippen LogP contribution in [0.25, 0.3) is 0 Å². The van der Waals surface area contributed by atoms with E-state index in [1.807, 2.05) is 30.3 Å². The Hall–Kier alpha value is -2.34. The molecule has 0 saturated heterocycles. The molecule has 0 aliphatic carbocycles. The van der Waals surface area contributed by atoms with Crippen molar-refractivity contribution in [3.05, 3.63) is 63.9 Å². The molecule has 0 spiro atoms. The fourth-order valence-electron chi connectivity index (χ4n) is 1.85. The van der Waals surface area contributed by atoms with E-state index in [0.717, 1.165) is 11.6 Å². The van der Waals surface area contributed by atoms with E-state index in [0.29, 0.717) is 0 Å².